The lowest BCUT2D eigenvalue weighted by atomic mass is 9.88. The van der Waals surface area contributed by atoms with E-state index in [4.69, 9.17) is 9.47 Å². The van der Waals surface area contributed by atoms with Gasteiger partial charge in [0.05, 0.1) is 13.0 Å². The molecule has 0 unspecified atom stereocenters. The van der Waals surface area contributed by atoms with Crippen molar-refractivity contribution in [3.8, 4) is 0 Å². The van der Waals surface area contributed by atoms with E-state index >= 15 is 0 Å². The lowest BCUT2D eigenvalue weighted by Gasteiger charge is -2.39. The van der Waals surface area contributed by atoms with Crippen LogP contribution in [0.25, 0.3) is 0 Å². The molecular formula is C16H27NO4. The summed E-state index contributed by atoms with van der Waals surface area (Å²) in [5.74, 6) is -0.671. The van der Waals surface area contributed by atoms with Gasteiger partial charge in [-0.2, -0.15) is 0 Å². The minimum atomic E-state index is -0.543. The summed E-state index contributed by atoms with van der Waals surface area (Å²) in [7, 11) is 1.37. The first-order chi connectivity index (χ1) is 9.80. The zero-order valence-electron chi connectivity index (χ0n) is 13.6. The number of allylic oxidation sites excluding steroid dienone is 1. The predicted octanol–water partition coefficient (Wildman–Crippen LogP) is 3.14. The van der Waals surface area contributed by atoms with Crippen molar-refractivity contribution in [3.05, 3.63) is 12.7 Å². The molecule has 1 saturated heterocycles. The van der Waals surface area contributed by atoms with Crippen LogP contribution in [0.1, 0.15) is 46.5 Å². The molecule has 0 aliphatic carbocycles. The van der Waals surface area contributed by atoms with Crippen LogP contribution in [0.4, 0.5) is 4.79 Å². The largest absolute Gasteiger partial charge is 0.469 e. The van der Waals surface area contributed by atoms with E-state index in [0.29, 0.717) is 13.0 Å². The summed E-state index contributed by atoms with van der Waals surface area (Å²) in [6.45, 7) is 9.83. The Bertz CT molecular complexity index is 386. The van der Waals surface area contributed by atoms with Crippen LogP contribution in [-0.2, 0) is 14.3 Å². The Morgan fingerprint density at radius 3 is 2.57 bits per heavy atom. The molecule has 1 heterocycles. The molecule has 2 atom stereocenters. The molecule has 1 rings (SSSR count). The van der Waals surface area contributed by atoms with Gasteiger partial charge in [-0.25, -0.2) is 4.79 Å². The molecule has 120 valence electrons. The lowest BCUT2D eigenvalue weighted by Crippen LogP contribution is -2.51. The molecule has 1 fully saturated rings. The van der Waals surface area contributed by atoms with Crippen LogP contribution in [0, 0.1) is 5.92 Å². The first-order valence-electron chi connectivity index (χ1n) is 7.48. The third kappa shape index (κ3) is 5.06. The minimum Gasteiger partial charge on any atom is -0.469 e. The second-order valence-corrected chi connectivity index (χ2v) is 6.39. The normalized spacial score (nSPS) is 20.6. The number of piperidine rings is 1. The fourth-order valence-corrected chi connectivity index (χ4v) is 2.66. The van der Waals surface area contributed by atoms with Gasteiger partial charge < -0.3 is 14.4 Å². The lowest BCUT2D eigenvalue weighted by molar-refractivity contribution is -0.148. The number of likely N-dealkylation sites (tertiary alicyclic amines) is 1. The topological polar surface area (TPSA) is 55.8 Å². The quantitative estimate of drug-likeness (QED) is 0.591. The number of amides is 1. The Kier molecular flexibility index (Phi) is 6.24. The zero-order valence-corrected chi connectivity index (χ0v) is 13.6. The molecule has 1 amide bonds. The molecule has 0 N–H and O–H groups in total. The molecule has 5 nitrogen and oxygen atoms in total. The Labute approximate surface area is 127 Å². The maximum absolute atomic E-state index is 12.4. The molecule has 0 saturated carbocycles. The van der Waals surface area contributed by atoms with Crippen molar-refractivity contribution in [2.75, 3.05) is 13.7 Å². The summed E-state index contributed by atoms with van der Waals surface area (Å²) in [4.78, 5) is 26.1. The average molecular weight is 297 g/mol. The van der Waals surface area contributed by atoms with Crippen LogP contribution >= 0.6 is 0 Å². The van der Waals surface area contributed by atoms with Crippen molar-refractivity contribution in [1.29, 1.82) is 0 Å². The van der Waals surface area contributed by atoms with E-state index in [1.54, 1.807) is 11.0 Å². The van der Waals surface area contributed by atoms with E-state index < -0.39 is 5.60 Å². The number of esters is 1. The molecule has 0 radical (unpaired) electrons. The number of methoxy groups -OCH3 is 1. The van der Waals surface area contributed by atoms with Crippen molar-refractivity contribution >= 4 is 12.1 Å². The van der Waals surface area contributed by atoms with Crippen LogP contribution < -0.4 is 0 Å². The fraction of sp³-hybridized carbons (Fsp3) is 0.750. The summed E-state index contributed by atoms with van der Waals surface area (Å²) in [5.41, 5.74) is -0.543. The third-order valence-electron chi connectivity index (χ3n) is 3.57. The molecular weight excluding hydrogens is 270 g/mol. The highest BCUT2D eigenvalue weighted by Gasteiger charge is 2.38. The molecule has 21 heavy (non-hydrogen) atoms. The van der Waals surface area contributed by atoms with Crippen LogP contribution in [0.5, 0.6) is 0 Å². The fourth-order valence-electron chi connectivity index (χ4n) is 2.66. The summed E-state index contributed by atoms with van der Waals surface area (Å²) in [5, 5.41) is 0. The van der Waals surface area contributed by atoms with Gasteiger partial charge in [-0.15, -0.1) is 6.58 Å². The van der Waals surface area contributed by atoms with Gasteiger partial charge in [0, 0.05) is 12.6 Å². The van der Waals surface area contributed by atoms with Gasteiger partial charge in [0.1, 0.15) is 5.60 Å². The molecule has 5 heteroatoms. The van der Waals surface area contributed by atoms with Crippen molar-refractivity contribution in [3.63, 3.8) is 0 Å². The molecule has 0 aromatic carbocycles. The van der Waals surface area contributed by atoms with Crippen molar-refractivity contribution in [1.82, 2.24) is 4.90 Å². The number of carbonyl (C=O) groups excluding carboxylic acids is 2. The molecule has 0 aromatic rings. The van der Waals surface area contributed by atoms with Crippen LogP contribution in [-0.4, -0.2) is 42.3 Å². The number of ether oxygens (including phenoxy) is 2. The second kappa shape index (κ2) is 7.48. The predicted molar refractivity (Wildman–Crippen MR) is 80.9 cm³/mol. The van der Waals surface area contributed by atoms with Gasteiger partial charge in [0.2, 0.25) is 0 Å². The van der Waals surface area contributed by atoms with Crippen LogP contribution in [0.15, 0.2) is 12.7 Å². The van der Waals surface area contributed by atoms with Gasteiger partial charge in [-0.05, 0) is 46.5 Å². The zero-order chi connectivity index (χ0) is 16.0. The standard InChI is InChI=1S/C16H27NO4/c1-6-9-12(14(18)20-5)13-10-7-8-11-17(13)15(19)21-16(2,3)4/h6,12-13H,1,7-11H2,2-5H3/t12-,13+/m1/s1. The number of nitrogens with zero attached hydrogens (tertiary/aromatic N) is 1. The van der Waals surface area contributed by atoms with Crippen LogP contribution in [0.3, 0.4) is 0 Å². The van der Waals surface area contributed by atoms with E-state index in [-0.39, 0.29) is 24.0 Å². The number of carbonyl (C=O) groups is 2. The summed E-state index contributed by atoms with van der Waals surface area (Å²) >= 11 is 0. The minimum absolute atomic E-state index is 0.181. The highest BCUT2D eigenvalue weighted by Crippen LogP contribution is 2.28. The smallest absolute Gasteiger partial charge is 0.410 e. The molecule has 1 aliphatic rings. The number of hydrogen-bond acceptors (Lipinski definition) is 4. The van der Waals surface area contributed by atoms with Gasteiger partial charge in [0.25, 0.3) is 0 Å². The van der Waals surface area contributed by atoms with Gasteiger partial charge in [-0.1, -0.05) is 6.08 Å². The highest BCUT2D eigenvalue weighted by molar-refractivity contribution is 5.75. The molecule has 1 aliphatic heterocycles. The number of rotatable bonds is 4. The van der Waals surface area contributed by atoms with Gasteiger partial charge in [-0.3, -0.25) is 4.79 Å². The van der Waals surface area contributed by atoms with Gasteiger partial charge in [0.15, 0.2) is 0 Å². The maximum atomic E-state index is 12.4. The second-order valence-electron chi connectivity index (χ2n) is 6.39. The molecule has 0 spiro atoms. The first-order valence-corrected chi connectivity index (χ1v) is 7.48. The van der Waals surface area contributed by atoms with E-state index in [1.807, 2.05) is 20.8 Å². The van der Waals surface area contributed by atoms with Gasteiger partial charge >= 0.3 is 12.1 Å². The monoisotopic (exact) mass is 297 g/mol. The summed E-state index contributed by atoms with van der Waals surface area (Å²) in [6, 6.07) is -0.181. The van der Waals surface area contributed by atoms with E-state index in [0.717, 1.165) is 19.3 Å². The Hall–Kier alpha value is -1.52. The van der Waals surface area contributed by atoms with Crippen molar-refractivity contribution < 1.29 is 19.1 Å². The first kappa shape index (κ1) is 17.5. The van der Waals surface area contributed by atoms with E-state index in [9.17, 15) is 9.59 Å². The third-order valence-corrected chi connectivity index (χ3v) is 3.57. The van der Waals surface area contributed by atoms with E-state index in [2.05, 4.69) is 6.58 Å². The van der Waals surface area contributed by atoms with Crippen molar-refractivity contribution in [2.45, 2.75) is 58.1 Å². The highest BCUT2D eigenvalue weighted by atomic mass is 16.6. The number of hydrogen-bond donors (Lipinski definition) is 0. The maximum Gasteiger partial charge on any atom is 0.410 e. The Morgan fingerprint density at radius 2 is 2.05 bits per heavy atom. The Morgan fingerprint density at radius 1 is 1.38 bits per heavy atom. The SMILES string of the molecule is C=CC[C@@H](C(=O)OC)[C@@H]1CCCCN1C(=O)OC(C)(C)C. The van der Waals surface area contributed by atoms with E-state index in [1.165, 1.54) is 7.11 Å². The summed E-state index contributed by atoms with van der Waals surface area (Å²) in [6.07, 6.45) is 4.55. The van der Waals surface area contributed by atoms with Crippen LogP contribution in [0.2, 0.25) is 0 Å². The Balaban J connectivity index is 2.91. The molecule has 0 bridgehead atoms. The van der Waals surface area contributed by atoms with Crippen molar-refractivity contribution in [2.24, 2.45) is 5.92 Å². The molecule has 0 aromatic heterocycles. The summed E-state index contributed by atoms with van der Waals surface area (Å²) < 4.78 is 10.3. The average Bonchev–Trinajstić information content (AvgIpc) is 2.42.